The normalized spacial score (nSPS) is 14.8. The van der Waals surface area contributed by atoms with Crippen LogP contribution in [0.2, 0.25) is 0 Å². The lowest BCUT2D eigenvalue weighted by atomic mass is 10.0. The molecule has 0 radical (unpaired) electrons. The van der Waals surface area contributed by atoms with Crippen LogP contribution in [0.15, 0.2) is 65.7 Å². The van der Waals surface area contributed by atoms with Gasteiger partial charge in [-0.2, -0.15) is 13.2 Å². The number of likely N-dealkylation sites (N-methyl/N-ethyl adjacent to an activating group) is 1. The molecule has 0 bridgehead atoms. The highest BCUT2D eigenvalue weighted by Crippen LogP contribution is 2.39. The summed E-state index contributed by atoms with van der Waals surface area (Å²) < 4.78 is 51.1. The largest absolute Gasteiger partial charge is 0.481 e. The van der Waals surface area contributed by atoms with Crippen LogP contribution < -0.4 is 15.3 Å². The minimum atomic E-state index is -4.60. The van der Waals surface area contributed by atoms with Gasteiger partial charge in [0.05, 0.1) is 41.1 Å². The molecule has 0 amide bonds. The van der Waals surface area contributed by atoms with E-state index in [2.05, 4.69) is 14.9 Å². The van der Waals surface area contributed by atoms with Crippen molar-refractivity contribution in [2.75, 3.05) is 45.2 Å². The molecule has 6 rings (SSSR count). The lowest BCUT2D eigenvalue weighted by Gasteiger charge is -2.35. The average molecular weight is 549 g/mol. The SMILES string of the molecule is COc1ccc(-c2ccc3ncc4c(c3c2)n(-c2ccc(N3CCN(C)CC3)c(C(F)(F)F)c2)c(=O)n4C)cn1. The van der Waals surface area contributed by atoms with Gasteiger partial charge in [-0.05, 0) is 49.0 Å². The van der Waals surface area contributed by atoms with Gasteiger partial charge in [-0.15, -0.1) is 0 Å². The Bertz CT molecular complexity index is 1780. The van der Waals surface area contributed by atoms with Crippen molar-refractivity contribution in [1.29, 1.82) is 0 Å². The molecule has 0 N–H and O–H groups in total. The van der Waals surface area contributed by atoms with Crippen molar-refractivity contribution in [2.45, 2.75) is 6.18 Å². The summed E-state index contributed by atoms with van der Waals surface area (Å²) >= 11 is 0. The molecule has 3 aromatic heterocycles. The average Bonchev–Trinajstić information content (AvgIpc) is 3.22. The third-order valence-electron chi connectivity index (χ3n) is 7.55. The third kappa shape index (κ3) is 4.36. The van der Waals surface area contributed by atoms with Crippen LogP contribution in [0.25, 0.3) is 38.8 Å². The first-order valence-corrected chi connectivity index (χ1v) is 12.8. The van der Waals surface area contributed by atoms with Crippen LogP contribution in [0.4, 0.5) is 18.9 Å². The molecule has 0 spiro atoms. The number of piperazine rings is 1. The second-order valence-electron chi connectivity index (χ2n) is 9.98. The Kier molecular flexibility index (Phi) is 6.25. The fourth-order valence-corrected chi connectivity index (χ4v) is 5.30. The molecule has 8 nitrogen and oxygen atoms in total. The Morgan fingerprint density at radius 1 is 0.875 bits per heavy atom. The number of fused-ring (bicyclic) bond motifs is 3. The molecule has 0 atom stereocenters. The number of nitrogens with zero attached hydrogens (tertiary/aromatic N) is 6. The molecule has 1 fully saturated rings. The van der Waals surface area contributed by atoms with Crippen molar-refractivity contribution in [3.8, 4) is 22.7 Å². The fourth-order valence-electron chi connectivity index (χ4n) is 5.30. The number of pyridine rings is 2. The summed E-state index contributed by atoms with van der Waals surface area (Å²) in [4.78, 5) is 26.2. The van der Waals surface area contributed by atoms with Crippen molar-refractivity contribution >= 4 is 27.6 Å². The monoisotopic (exact) mass is 548 g/mol. The summed E-state index contributed by atoms with van der Waals surface area (Å²) in [6.07, 6.45) is -1.34. The zero-order valence-corrected chi connectivity index (χ0v) is 22.2. The molecule has 0 unspecified atom stereocenters. The van der Waals surface area contributed by atoms with Crippen molar-refractivity contribution in [2.24, 2.45) is 7.05 Å². The number of rotatable bonds is 4. The van der Waals surface area contributed by atoms with Crippen LogP contribution in [0.3, 0.4) is 0 Å². The second kappa shape index (κ2) is 9.67. The maximum atomic E-state index is 14.4. The van der Waals surface area contributed by atoms with Gasteiger partial charge in [-0.3, -0.25) is 14.1 Å². The van der Waals surface area contributed by atoms with Gasteiger partial charge in [-0.1, -0.05) is 6.07 Å². The van der Waals surface area contributed by atoms with E-state index in [-0.39, 0.29) is 11.4 Å². The summed E-state index contributed by atoms with van der Waals surface area (Å²) in [5.41, 5.74) is 2.30. The van der Waals surface area contributed by atoms with Gasteiger partial charge < -0.3 is 14.5 Å². The Hall–Kier alpha value is -4.38. The molecular weight excluding hydrogens is 521 g/mol. The lowest BCUT2D eigenvalue weighted by molar-refractivity contribution is -0.137. The van der Waals surface area contributed by atoms with Gasteiger partial charge in [0.25, 0.3) is 0 Å². The van der Waals surface area contributed by atoms with E-state index in [1.807, 2.05) is 31.3 Å². The number of aromatic nitrogens is 4. The van der Waals surface area contributed by atoms with Crippen LogP contribution in [0.1, 0.15) is 5.56 Å². The van der Waals surface area contributed by atoms with E-state index in [1.165, 1.54) is 22.3 Å². The summed E-state index contributed by atoms with van der Waals surface area (Å²) in [5, 5.41) is 0.639. The van der Waals surface area contributed by atoms with Crippen LogP contribution in [-0.2, 0) is 13.2 Å². The zero-order chi connectivity index (χ0) is 28.2. The number of ether oxygens (including phenoxy) is 1. The van der Waals surface area contributed by atoms with Crippen LogP contribution in [0, 0.1) is 0 Å². The Balaban J connectivity index is 1.56. The Labute approximate surface area is 227 Å². The van der Waals surface area contributed by atoms with E-state index in [0.29, 0.717) is 54.0 Å². The zero-order valence-electron chi connectivity index (χ0n) is 22.2. The smallest absolute Gasteiger partial charge is 0.418 e. The van der Waals surface area contributed by atoms with Crippen molar-refractivity contribution in [3.63, 3.8) is 0 Å². The van der Waals surface area contributed by atoms with E-state index in [9.17, 15) is 18.0 Å². The molecule has 0 aliphatic carbocycles. The van der Waals surface area contributed by atoms with Crippen molar-refractivity contribution in [3.05, 3.63) is 77.0 Å². The van der Waals surface area contributed by atoms with E-state index in [1.54, 1.807) is 36.5 Å². The van der Waals surface area contributed by atoms with Gasteiger partial charge >= 0.3 is 11.9 Å². The first-order valence-electron chi connectivity index (χ1n) is 12.8. The summed E-state index contributed by atoms with van der Waals surface area (Å²) in [5.74, 6) is 0.478. The summed E-state index contributed by atoms with van der Waals surface area (Å²) in [7, 11) is 5.08. The lowest BCUT2D eigenvalue weighted by Crippen LogP contribution is -2.45. The number of imidazole rings is 1. The quantitative estimate of drug-likeness (QED) is 0.324. The van der Waals surface area contributed by atoms with Gasteiger partial charge in [0, 0.05) is 62.1 Å². The molecular formula is C29H27F3N6O2. The molecule has 11 heteroatoms. The molecule has 1 aliphatic rings. The Morgan fingerprint density at radius 3 is 2.30 bits per heavy atom. The Morgan fingerprint density at radius 2 is 1.62 bits per heavy atom. The number of hydrogen-bond acceptors (Lipinski definition) is 6. The number of hydrogen-bond donors (Lipinski definition) is 0. The van der Waals surface area contributed by atoms with Crippen molar-refractivity contribution in [1.82, 2.24) is 24.0 Å². The molecule has 1 aliphatic heterocycles. The molecule has 0 saturated carbocycles. The highest BCUT2D eigenvalue weighted by molar-refractivity contribution is 6.04. The standard InChI is InChI=1S/C29H27F3N6O2/c1-35-10-12-37(13-11-35)24-8-6-20(15-22(24)29(30,31)32)38-27-21-14-18(19-5-9-26(40-3)34-16-19)4-7-23(21)33-17-25(27)36(2)28(38)39/h4-9,14-17H,10-13H2,1-3H3. The topological polar surface area (TPSA) is 68.4 Å². The molecule has 206 valence electrons. The van der Waals surface area contributed by atoms with Crippen LogP contribution in [0.5, 0.6) is 5.88 Å². The van der Waals surface area contributed by atoms with E-state index < -0.39 is 17.4 Å². The predicted octanol–water partition coefficient (Wildman–Crippen LogP) is 4.72. The maximum Gasteiger partial charge on any atom is 0.418 e. The molecule has 5 aromatic rings. The fraction of sp³-hybridized carbons (Fsp3) is 0.276. The van der Waals surface area contributed by atoms with Gasteiger partial charge in [0.1, 0.15) is 0 Å². The molecule has 2 aromatic carbocycles. The summed E-state index contributed by atoms with van der Waals surface area (Å²) in [6.45, 7) is 2.33. The van der Waals surface area contributed by atoms with Crippen LogP contribution >= 0.6 is 0 Å². The number of aryl methyl sites for hydroxylation is 1. The minimum Gasteiger partial charge on any atom is -0.481 e. The third-order valence-corrected chi connectivity index (χ3v) is 7.55. The number of benzene rings is 2. The first kappa shape index (κ1) is 25.9. The van der Waals surface area contributed by atoms with Crippen LogP contribution in [-0.4, -0.2) is 64.3 Å². The first-order chi connectivity index (χ1) is 19.2. The van der Waals surface area contributed by atoms with Crippen molar-refractivity contribution < 1.29 is 17.9 Å². The number of anilines is 1. The maximum absolute atomic E-state index is 14.4. The number of halogens is 3. The number of methoxy groups -OCH3 is 1. The van der Waals surface area contributed by atoms with E-state index in [4.69, 9.17) is 4.74 Å². The second-order valence-corrected chi connectivity index (χ2v) is 9.98. The summed E-state index contributed by atoms with van der Waals surface area (Å²) in [6, 6.07) is 13.4. The predicted molar refractivity (Wildman–Crippen MR) is 148 cm³/mol. The highest BCUT2D eigenvalue weighted by atomic mass is 19.4. The van der Waals surface area contributed by atoms with Gasteiger partial charge in [0.15, 0.2) is 0 Å². The van der Waals surface area contributed by atoms with Gasteiger partial charge in [0.2, 0.25) is 5.88 Å². The molecule has 1 saturated heterocycles. The van der Waals surface area contributed by atoms with E-state index >= 15 is 0 Å². The number of alkyl halides is 3. The van der Waals surface area contributed by atoms with E-state index in [0.717, 1.165) is 17.2 Å². The minimum absolute atomic E-state index is 0.124. The molecule has 40 heavy (non-hydrogen) atoms. The van der Waals surface area contributed by atoms with Gasteiger partial charge in [-0.25, -0.2) is 9.78 Å². The highest BCUT2D eigenvalue weighted by Gasteiger charge is 2.36. The molecule has 4 heterocycles.